The predicted molar refractivity (Wildman–Crippen MR) is 66.4 cm³/mol. The van der Waals surface area contributed by atoms with Crippen LogP contribution < -0.4 is 5.46 Å². The molecule has 2 aromatic carbocycles. The lowest BCUT2D eigenvalue weighted by Gasteiger charge is -2.09. The van der Waals surface area contributed by atoms with Gasteiger partial charge in [0.05, 0.1) is 11.6 Å². The standard InChI is InChI=1S/C13H10BNO2/c15-9-10-6-7-12(13(8-10)14(16)17)11-4-2-1-3-5-11/h1-8,16-17H. The molecule has 17 heavy (non-hydrogen) atoms. The van der Waals surface area contributed by atoms with Crippen molar-refractivity contribution in [3.05, 3.63) is 54.1 Å². The van der Waals surface area contributed by atoms with Crippen molar-refractivity contribution >= 4 is 12.6 Å². The maximum atomic E-state index is 9.33. The molecular weight excluding hydrogens is 213 g/mol. The SMILES string of the molecule is N#Cc1ccc(-c2ccccc2)c(B(O)O)c1. The van der Waals surface area contributed by atoms with E-state index in [1.54, 1.807) is 12.1 Å². The van der Waals surface area contributed by atoms with Crippen molar-refractivity contribution in [3.63, 3.8) is 0 Å². The Morgan fingerprint density at radius 3 is 2.29 bits per heavy atom. The zero-order valence-corrected chi connectivity index (χ0v) is 9.04. The molecule has 2 N–H and O–H groups in total. The van der Waals surface area contributed by atoms with E-state index in [1.165, 1.54) is 6.07 Å². The first-order valence-electron chi connectivity index (χ1n) is 5.18. The Labute approximate surface area is 99.7 Å². The van der Waals surface area contributed by atoms with Gasteiger partial charge in [0.2, 0.25) is 0 Å². The molecule has 4 heteroatoms. The summed E-state index contributed by atoms with van der Waals surface area (Å²) in [5.41, 5.74) is 2.36. The second-order valence-electron chi connectivity index (χ2n) is 3.65. The van der Waals surface area contributed by atoms with Crippen LogP contribution in [0.3, 0.4) is 0 Å². The van der Waals surface area contributed by atoms with Crippen molar-refractivity contribution in [1.82, 2.24) is 0 Å². The molecule has 0 bridgehead atoms. The second-order valence-corrected chi connectivity index (χ2v) is 3.65. The highest BCUT2D eigenvalue weighted by Crippen LogP contribution is 2.17. The molecule has 0 fully saturated rings. The third kappa shape index (κ3) is 2.36. The lowest BCUT2D eigenvalue weighted by Crippen LogP contribution is -2.31. The van der Waals surface area contributed by atoms with Gasteiger partial charge in [-0.2, -0.15) is 5.26 Å². The van der Waals surface area contributed by atoms with Crippen LogP contribution in [0.2, 0.25) is 0 Å². The van der Waals surface area contributed by atoms with E-state index in [4.69, 9.17) is 5.26 Å². The summed E-state index contributed by atoms with van der Waals surface area (Å²) in [6, 6.07) is 16.3. The molecule has 82 valence electrons. The normalized spacial score (nSPS) is 9.71. The van der Waals surface area contributed by atoms with Crippen molar-refractivity contribution in [2.75, 3.05) is 0 Å². The van der Waals surface area contributed by atoms with Crippen LogP contribution in [0.4, 0.5) is 0 Å². The minimum atomic E-state index is -1.58. The van der Waals surface area contributed by atoms with Crippen molar-refractivity contribution in [1.29, 1.82) is 5.26 Å². The average Bonchev–Trinajstić information content (AvgIpc) is 2.39. The molecule has 0 heterocycles. The summed E-state index contributed by atoms with van der Waals surface area (Å²) in [6.45, 7) is 0. The first kappa shape index (κ1) is 11.4. The fourth-order valence-electron chi connectivity index (χ4n) is 1.73. The summed E-state index contributed by atoms with van der Waals surface area (Å²) in [5, 5.41) is 27.5. The fraction of sp³-hybridized carbons (Fsp3) is 0. The smallest absolute Gasteiger partial charge is 0.423 e. The Bertz CT molecular complexity index is 561. The van der Waals surface area contributed by atoms with E-state index < -0.39 is 7.12 Å². The van der Waals surface area contributed by atoms with Gasteiger partial charge in [0.1, 0.15) is 0 Å². The van der Waals surface area contributed by atoms with Crippen LogP contribution in [0.25, 0.3) is 11.1 Å². The highest BCUT2D eigenvalue weighted by Gasteiger charge is 2.17. The third-order valence-corrected chi connectivity index (χ3v) is 2.54. The minimum Gasteiger partial charge on any atom is -0.423 e. The second kappa shape index (κ2) is 4.83. The number of rotatable bonds is 2. The van der Waals surface area contributed by atoms with Gasteiger partial charge in [0.15, 0.2) is 0 Å². The first-order chi connectivity index (χ1) is 8.22. The van der Waals surface area contributed by atoms with Crippen LogP contribution in [0, 0.1) is 11.3 Å². The van der Waals surface area contributed by atoms with Gasteiger partial charge in [-0.05, 0) is 28.7 Å². The van der Waals surface area contributed by atoms with Crippen LogP contribution >= 0.6 is 0 Å². The molecule has 0 aliphatic rings. The van der Waals surface area contributed by atoms with Crippen LogP contribution in [-0.4, -0.2) is 17.2 Å². The summed E-state index contributed by atoms with van der Waals surface area (Å²) in [4.78, 5) is 0. The molecule has 0 saturated carbocycles. The Hall–Kier alpha value is -2.09. The monoisotopic (exact) mass is 223 g/mol. The molecule has 0 spiro atoms. The first-order valence-corrected chi connectivity index (χ1v) is 5.18. The summed E-state index contributed by atoms with van der Waals surface area (Å²) < 4.78 is 0. The minimum absolute atomic E-state index is 0.343. The molecule has 3 nitrogen and oxygen atoms in total. The van der Waals surface area contributed by atoms with Gasteiger partial charge in [-0.15, -0.1) is 0 Å². The van der Waals surface area contributed by atoms with Crippen LogP contribution in [0.1, 0.15) is 5.56 Å². The Morgan fingerprint density at radius 2 is 1.71 bits per heavy atom. The quantitative estimate of drug-likeness (QED) is 0.743. The number of nitriles is 1. The third-order valence-electron chi connectivity index (χ3n) is 2.54. The molecule has 0 saturated heterocycles. The number of hydrogen-bond donors (Lipinski definition) is 2. The highest BCUT2D eigenvalue weighted by molar-refractivity contribution is 6.60. The molecule has 0 atom stereocenters. The Balaban J connectivity index is 2.59. The van der Waals surface area contributed by atoms with Gasteiger partial charge >= 0.3 is 7.12 Å². The molecule has 0 unspecified atom stereocenters. The molecule has 0 aliphatic carbocycles. The van der Waals surface area contributed by atoms with Crippen LogP contribution in [-0.2, 0) is 0 Å². The molecule has 0 aromatic heterocycles. The summed E-state index contributed by atoms with van der Waals surface area (Å²) in [7, 11) is -1.58. The van der Waals surface area contributed by atoms with Gasteiger partial charge in [0, 0.05) is 0 Å². The van der Waals surface area contributed by atoms with E-state index in [9.17, 15) is 10.0 Å². The van der Waals surface area contributed by atoms with E-state index >= 15 is 0 Å². The fourth-order valence-corrected chi connectivity index (χ4v) is 1.73. The molecule has 0 radical (unpaired) electrons. The van der Waals surface area contributed by atoms with Crippen molar-refractivity contribution in [3.8, 4) is 17.2 Å². The van der Waals surface area contributed by atoms with Crippen LogP contribution in [0.15, 0.2) is 48.5 Å². The molecule has 0 amide bonds. The van der Waals surface area contributed by atoms with E-state index in [1.807, 2.05) is 36.4 Å². The van der Waals surface area contributed by atoms with Gasteiger partial charge in [-0.3, -0.25) is 0 Å². The lowest BCUT2D eigenvalue weighted by atomic mass is 9.75. The zero-order chi connectivity index (χ0) is 12.3. The largest absolute Gasteiger partial charge is 0.489 e. The predicted octanol–water partition coefficient (Wildman–Crippen LogP) is 0.905. The van der Waals surface area contributed by atoms with Crippen LogP contribution in [0.5, 0.6) is 0 Å². The number of benzene rings is 2. The lowest BCUT2D eigenvalue weighted by molar-refractivity contribution is 0.426. The summed E-state index contributed by atoms with van der Waals surface area (Å²) in [5.74, 6) is 0. The Kier molecular flexibility index (Phi) is 3.24. The average molecular weight is 223 g/mol. The summed E-state index contributed by atoms with van der Waals surface area (Å²) >= 11 is 0. The highest BCUT2D eigenvalue weighted by atomic mass is 16.4. The molecule has 2 rings (SSSR count). The van der Waals surface area contributed by atoms with Gasteiger partial charge < -0.3 is 10.0 Å². The number of nitrogens with zero attached hydrogens (tertiary/aromatic N) is 1. The zero-order valence-electron chi connectivity index (χ0n) is 9.04. The van der Waals surface area contributed by atoms with E-state index in [-0.39, 0.29) is 0 Å². The van der Waals surface area contributed by atoms with Gasteiger partial charge in [-0.1, -0.05) is 36.4 Å². The maximum absolute atomic E-state index is 9.33. The van der Waals surface area contributed by atoms with Gasteiger partial charge in [-0.25, -0.2) is 0 Å². The molecule has 0 aliphatic heterocycles. The Morgan fingerprint density at radius 1 is 1.00 bits per heavy atom. The van der Waals surface area contributed by atoms with Gasteiger partial charge in [0.25, 0.3) is 0 Å². The topological polar surface area (TPSA) is 64.2 Å². The molecule has 2 aromatic rings. The summed E-state index contributed by atoms with van der Waals surface area (Å²) in [6.07, 6.45) is 0. The van der Waals surface area contributed by atoms with E-state index in [0.29, 0.717) is 11.0 Å². The van der Waals surface area contributed by atoms with Crippen molar-refractivity contribution < 1.29 is 10.0 Å². The molecular formula is C13H10BNO2. The van der Waals surface area contributed by atoms with Crippen molar-refractivity contribution in [2.45, 2.75) is 0 Å². The number of hydrogen-bond acceptors (Lipinski definition) is 3. The van der Waals surface area contributed by atoms with E-state index in [0.717, 1.165) is 11.1 Å². The van der Waals surface area contributed by atoms with Crippen molar-refractivity contribution in [2.24, 2.45) is 0 Å². The maximum Gasteiger partial charge on any atom is 0.489 e. The van der Waals surface area contributed by atoms with E-state index in [2.05, 4.69) is 0 Å².